The number of nitrogens with one attached hydrogen (secondary N) is 1. The molecule has 0 aromatic heterocycles. The fraction of sp³-hybridized carbons (Fsp3) is 0.278. The van der Waals surface area contributed by atoms with E-state index in [-0.39, 0.29) is 5.91 Å². The van der Waals surface area contributed by atoms with Crippen LogP contribution in [0.2, 0.25) is 5.02 Å². The van der Waals surface area contributed by atoms with Crippen molar-refractivity contribution in [1.82, 2.24) is 4.90 Å². The van der Waals surface area contributed by atoms with Crippen molar-refractivity contribution in [3.63, 3.8) is 0 Å². The van der Waals surface area contributed by atoms with Gasteiger partial charge in [-0.25, -0.2) is 0 Å². The molecular weight excluding hydrogens is 310 g/mol. The molecule has 0 unspecified atom stereocenters. The zero-order valence-corrected chi connectivity index (χ0v) is 13.9. The second kappa shape index (κ2) is 7.02. The topological polar surface area (TPSA) is 35.6 Å². The second-order valence-electron chi connectivity index (χ2n) is 5.74. The van der Waals surface area contributed by atoms with Gasteiger partial charge in [-0.2, -0.15) is 0 Å². The number of piperazine rings is 1. The van der Waals surface area contributed by atoms with Crippen LogP contribution in [0.5, 0.6) is 0 Å². The summed E-state index contributed by atoms with van der Waals surface area (Å²) in [5.41, 5.74) is 2.37. The Morgan fingerprint density at radius 2 is 1.65 bits per heavy atom. The number of carbonyl (C=O) groups excluding carboxylic acids is 1. The lowest BCUT2D eigenvalue weighted by Crippen LogP contribution is -2.44. The molecule has 1 N–H and O–H groups in total. The standard InChI is InChI=1S/C18H20ClN3O/c1-21-10-12-22(13-11-21)17-9-5-4-8-16(17)20-18(23)14-6-2-3-7-15(14)19/h2-9H,10-13H2,1H3,(H,20,23). The van der Waals surface area contributed by atoms with Crippen LogP contribution < -0.4 is 10.2 Å². The minimum atomic E-state index is -0.183. The summed E-state index contributed by atoms with van der Waals surface area (Å²) in [5, 5.41) is 3.46. The lowest BCUT2D eigenvalue weighted by Gasteiger charge is -2.35. The molecule has 2 aromatic carbocycles. The van der Waals surface area contributed by atoms with E-state index < -0.39 is 0 Å². The Balaban J connectivity index is 1.81. The van der Waals surface area contributed by atoms with Gasteiger partial charge in [-0.05, 0) is 31.3 Å². The fourth-order valence-electron chi connectivity index (χ4n) is 2.74. The molecule has 0 spiro atoms. The van der Waals surface area contributed by atoms with Crippen molar-refractivity contribution < 1.29 is 4.79 Å². The van der Waals surface area contributed by atoms with Crippen molar-refractivity contribution in [2.75, 3.05) is 43.4 Å². The summed E-state index contributed by atoms with van der Waals surface area (Å²) in [6, 6.07) is 15.0. The molecule has 4 nitrogen and oxygen atoms in total. The number of rotatable bonds is 3. The lowest BCUT2D eigenvalue weighted by atomic mass is 10.1. The average Bonchev–Trinajstić information content (AvgIpc) is 2.56. The second-order valence-corrected chi connectivity index (χ2v) is 6.15. The Hall–Kier alpha value is -2.04. The smallest absolute Gasteiger partial charge is 0.257 e. The Labute approximate surface area is 141 Å². The number of amides is 1. The van der Waals surface area contributed by atoms with E-state index >= 15 is 0 Å². The number of hydrogen-bond donors (Lipinski definition) is 1. The Morgan fingerprint density at radius 1 is 1.00 bits per heavy atom. The first-order chi connectivity index (χ1) is 11.1. The van der Waals surface area contributed by atoms with Gasteiger partial charge in [0.2, 0.25) is 0 Å². The minimum Gasteiger partial charge on any atom is -0.367 e. The number of benzene rings is 2. The molecule has 0 bridgehead atoms. The third kappa shape index (κ3) is 3.66. The van der Waals surface area contributed by atoms with Gasteiger partial charge in [0, 0.05) is 26.2 Å². The van der Waals surface area contributed by atoms with Crippen LogP contribution in [-0.4, -0.2) is 44.0 Å². The molecule has 1 saturated heterocycles. The van der Waals surface area contributed by atoms with Crippen LogP contribution in [0.3, 0.4) is 0 Å². The maximum atomic E-state index is 12.5. The van der Waals surface area contributed by atoms with E-state index in [1.165, 1.54) is 0 Å². The third-order valence-electron chi connectivity index (χ3n) is 4.11. The number of halogens is 1. The molecule has 0 radical (unpaired) electrons. The average molecular weight is 330 g/mol. The van der Waals surface area contributed by atoms with Crippen LogP contribution in [-0.2, 0) is 0 Å². The predicted octanol–water partition coefficient (Wildman–Crippen LogP) is 3.34. The van der Waals surface area contributed by atoms with Crippen LogP contribution in [0.15, 0.2) is 48.5 Å². The summed E-state index contributed by atoms with van der Waals surface area (Å²) in [7, 11) is 2.13. The van der Waals surface area contributed by atoms with E-state index in [4.69, 9.17) is 11.6 Å². The summed E-state index contributed by atoms with van der Waals surface area (Å²) in [6.45, 7) is 3.95. The van der Waals surface area contributed by atoms with Crippen molar-refractivity contribution in [2.45, 2.75) is 0 Å². The molecule has 1 heterocycles. The normalized spacial score (nSPS) is 15.5. The number of likely N-dealkylation sites (N-methyl/N-ethyl adjacent to an activating group) is 1. The first-order valence-corrected chi connectivity index (χ1v) is 8.11. The molecule has 1 fully saturated rings. The van der Waals surface area contributed by atoms with Gasteiger partial charge >= 0.3 is 0 Å². The summed E-state index contributed by atoms with van der Waals surface area (Å²) in [4.78, 5) is 17.1. The van der Waals surface area contributed by atoms with Gasteiger partial charge in [0.15, 0.2) is 0 Å². The molecule has 23 heavy (non-hydrogen) atoms. The molecule has 0 aliphatic carbocycles. The maximum absolute atomic E-state index is 12.5. The molecule has 5 heteroatoms. The molecule has 0 saturated carbocycles. The van der Waals surface area contributed by atoms with Crippen molar-refractivity contribution >= 4 is 28.9 Å². The summed E-state index contributed by atoms with van der Waals surface area (Å²) in [6.07, 6.45) is 0. The van der Waals surface area contributed by atoms with Gasteiger partial charge in [-0.15, -0.1) is 0 Å². The van der Waals surface area contributed by atoms with Crippen molar-refractivity contribution in [3.05, 3.63) is 59.1 Å². The maximum Gasteiger partial charge on any atom is 0.257 e. The predicted molar refractivity (Wildman–Crippen MR) is 95.6 cm³/mol. The molecule has 3 rings (SSSR count). The highest BCUT2D eigenvalue weighted by Crippen LogP contribution is 2.27. The monoisotopic (exact) mass is 329 g/mol. The third-order valence-corrected chi connectivity index (χ3v) is 4.44. The molecule has 1 aliphatic rings. The van der Waals surface area contributed by atoms with Crippen molar-refractivity contribution in [2.24, 2.45) is 0 Å². The van der Waals surface area contributed by atoms with E-state index in [2.05, 4.69) is 22.2 Å². The molecule has 1 amide bonds. The zero-order chi connectivity index (χ0) is 16.2. The lowest BCUT2D eigenvalue weighted by molar-refractivity contribution is 0.102. The number of anilines is 2. The van der Waals surface area contributed by atoms with E-state index in [0.717, 1.165) is 37.6 Å². The number of para-hydroxylation sites is 2. The molecule has 1 aliphatic heterocycles. The van der Waals surface area contributed by atoms with Crippen molar-refractivity contribution in [1.29, 1.82) is 0 Å². The van der Waals surface area contributed by atoms with Gasteiger partial charge in [0.1, 0.15) is 0 Å². The molecule has 2 aromatic rings. The SMILES string of the molecule is CN1CCN(c2ccccc2NC(=O)c2ccccc2Cl)CC1. The van der Waals surface area contributed by atoms with Gasteiger partial charge in [-0.1, -0.05) is 35.9 Å². The minimum absolute atomic E-state index is 0.183. The van der Waals surface area contributed by atoms with E-state index in [1.807, 2.05) is 36.4 Å². The zero-order valence-electron chi connectivity index (χ0n) is 13.1. The van der Waals surface area contributed by atoms with Crippen molar-refractivity contribution in [3.8, 4) is 0 Å². The largest absolute Gasteiger partial charge is 0.367 e. The van der Waals surface area contributed by atoms with Gasteiger partial charge in [-0.3, -0.25) is 4.79 Å². The molecule has 120 valence electrons. The van der Waals surface area contributed by atoms with Gasteiger partial charge < -0.3 is 15.1 Å². The van der Waals surface area contributed by atoms with Crippen LogP contribution in [0, 0.1) is 0 Å². The Morgan fingerprint density at radius 3 is 2.39 bits per heavy atom. The Kier molecular flexibility index (Phi) is 4.84. The van der Waals surface area contributed by atoms with E-state index in [0.29, 0.717) is 10.6 Å². The van der Waals surface area contributed by atoms with E-state index in [1.54, 1.807) is 12.1 Å². The quantitative estimate of drug-likeness (QED) is 0.938. The highest BCUT2D eigenvalue weighted by atomic mass is 35.5. The number of hydrogen-bond acceptors (Lipinski definition) is 3. The van der Waals surface area contributed by atoms with Crippen LogP contribution >= 0.6 is 11.6 Å². The fourth-order valence-corrected chi connectivity index (χ4v) is 2.96. The molecular formula is C18H20ClN3O. The highest BCUT2D eigenvalue weighted by molar-refractivity contribution is 6.34. The van der Waals surface area contributed by atoms with E-state index in [9.17, 15) is 4.79 Å². The highest BCUT2D eigenvalue weighted by Gasteiger charge is 2.18. The summed E-state index contributed by atoms with van der Waals surface area (Å²) < 4.78 is 0. The molecule has 0 atom stereocenters. The summed E-state index contributed by atoms with van der Waals surface area (Å²) in [5.74, 6) is -0.183. The van der Waals surface area contributed by atoms with Crippen LogP contribution in [0.1, 0.15) is 10.4 Å². The number of nitrogens with zero attached hydrogens (tertiary/aromatic N) is 2. The van der Waals surface area contributed by atoms with Gasteiger partial charge in [0.05, 0.1) is 22.0 Å². The Bertz CT molecular complexity index is 696. The first kappa shape index (κ1) is 15.8. The van der Waals surface area contributed by atoms with Crippen LogP contribution in [0.4, 0.5) is 11.4 Å². The van der Waals surface area contributed by atoms with Crippen LogP contribution in [0.25, 0.3) is 0 Å². The number of carbonyl (C=O) groups is 1. The summed E-state index contributed by atoms with van der Waals surface area (Å²) >= 11 is 6.11. The van der Waals surface area contributed by atoms with Gasteiger partial charge in [0.25, 0.3) is 5.91 Å². The first-order valence-electron chi connectivity index (χ1n) is 7.73.